The second-order valence-electron chi connectivity index (χ2n) is 2.71. The Hall–Kier alpha value is -0.810. The lowest BCUT2D eigenvalue weighted by Gasteiger charge is -2.06. The number of nitrogens with zero attached hydrogens (tertiary/aromatic N) is 1. The van der Waals surface area contributed by atoms with Crippen molar-refractivity contribution in [2.24, 2.45) is 0 Å². The van der Waals surface area contributed by atoms with Gasteiger partial charge in [-0.15, -0.1) is 0 Å². The van der Waals surface area contributed by atoms with Crippen LogP contribution in [-0.4, -0.2) is 9.55 Å². The number of aromatic nitrogens is 2. The third-order valence-corrected chi connectivity index (χ3v) is 3.11. The molecule has 14 heavy (non-hydrogen) atoms. The summed E-state index contributed by atoms with van der Waals surface area (Å²) in [4.78, 5) is 14.0. The van der Waals surface area contributed by atoms with Crippen LogP contribution in [0.1, 0.15) is 0 Å². The first-order chi connectivity index (χ1) is 6.70. The van der Waals surface area contributed by atoms with E-state index in [4.69, 9.17) is 0 Å². The number of hydrogen-bond donors (Lipinski definition) is 1. The number of nitrogens with one attached hydrogen (secondary N) is 1. The van der Waals surface area contributed by atoms with Gasteiger partial charge in [0.1, 0.15) is 0 Å². The molecule has 0 aliphatic rings. The summed E-state index contributed by atoms with van der Waals surface area (Å²) in [5.41, 5.74) is 0.649. The van der Waals surface area contributed by atoms with Crippen molar-refractivity contribution in [1.29, 1.82) is 0 Å². The van der Waals surface area contributed by atoms with Gasteiger partial charge in [0, 0.05) is 21.3 Å². The molecule has 0 aliphatic heterocycles. The molecule has 1 aromatic heterocycles. The predicted molar refractivity (Wildman–Crippen MR) is 61.8 cm³/mol. The smallest absolute Gasteiger partial charge is 0.312 e. The third-order valence-electron chi connectivity index (χ3n) is 1.83. The van der Waals surface area contributed by atoms with E-state index in [1.165, 1.54) is 4.57 Å². The standard InChI is InChI=1S/C9H6Br2N2O/c10-6-2-1-3-7(11)8(6)13-5-4-12-9(13)14/h1-5H,(H,12,14). The maximum atomic E-state index is 11.4. The van der Waals surface area contributed by atoms with Crippen molar-refractivity contribution in [3.8, 4) is 5.69 Å². The Morgan fingerprint density at radius 3 is 2.36 bits per heavy atom. The first kappa shape index (κ1) is 9.73. The Kier molecular flexibility index (Phi) is 2.60. The lowest BCUT2D eigenvalue weighted by Crippen LogP contribution is -2.14. The maximum Gasteiger partial charge on any atom is 0.330 e. The summed E-state index contributed by atoms with van der Waals surface area (Å²) in [6, 6.07) is 5.68. The highest BCUT2D eigenvalue weighted by atomic mass is 79.9. The molecule has 0 spiro atoms. The van der Waals surface area contributed by atoms with E-state index in [0.717, 1.165) is 14.6 Å². The zero-order chi connectivity index (χ0) is 10.1. The SMILES string of the molecule is O=c1[nH]ccn1-c1c(Br)cccc1Br. The van der Waals surface area contributed by atoms with E-state index in [-0.39, 0.29) is 5.69 Å². The lowest BCUT2D eigenvalue weighted by molar-refractivity contribution is 0.975. The number of para-hydroxylation sites is 1. The molecular weight excluding hydrogens is 312 g/mol. The Balaban J connectivity index is 2.74. The van der Waals surface area contributed by atoms with Gasteiger partial charge in [0.2, 0.25) is 0 Å². The number of hydrogen-bond acceptors (Lipinski definition) is 1. The van der Waals surface area contributed by atoms with Crippen molar-refractivity contribution in [1.82, 2.24) is 9.55 Å². The summed E-state index contributed by atoms with van der Waals surface area (Å²) in [5.74, 6) is 0. The number of imidazole rings is 1. The topological polar surface area (TPSA) is 37.8 Å². The van der Waals surface area contributed by atoms with Crippen LogP contribution in [-0.2, 0) is 0 Å². The van der Waals surface area contributed by atoms with Crippen LogP contribution in [0.2, 0.25) is 0 Å². The van der Waals surface area contributed by atoms with Gasteiger partial charge in [0.15, 0.2) is 0 Å². The zero-order valence-corrected chi connectivity index (χ0v) is 10.2. The molecule has 1 N–H and O–H groups in total. The molecule has 1 heterocycles. The van der Waals surface area contributed by atoms with E-state index in [1.807, 2.05) is 18.2 Å². The highest BCUT2D eigenvalue weighted by Gasteiger charge is 2.08. The summed E-state index contributed by atoms with van der Waals surface area (Å²) >= 11 is 6.80. The predicted octanol–water partition coefficient (Wildman–Crippen LogP) is 2.69. The molecule has 2 aromatic rings. The largest absolute Gasteiger partial charge is 0.330 e. The van der Waals surface area contributed by atoms with Gasteiger partial charge in [0.25, 0.3) is 0 Å². The second-order valence-corrected chi connectivity index (χ2v) is 4.41. The molecule has 0 atom stereocenters. The number of halogens is 2. The number of benzene rings is 1. The fraction of sp³-hybridized carbons (Fsp3) is 0. The van der Waals surface area contributed by atoms with E-state index in [9.17, 15) is 4.79 Å². The molecular formula is C9H6Br2N2O. The molecule has 0 bridgehead atoms. The van der Waals surface area contributed by atoms with Crippen molar-refractivity contribution in [3.63, 3.8) is 0 Å². The molecule has 1 aromatic carbocycles. The van der Waals surface area contributed by atoms with Crippen LogP contribution in [0, 0.1) is 0 Å². The van der Waals surface area contributed by atoms with E-state index in [0.29, 0.717) is 0 Å². The lowest BCUT2D eigenvalue weighted by atomic mass is 10.3. The van der Waals surface area contributed by atoms with Crippen LogP contribution in [0.4, 0.5) is 0 Å². The van der Waals surface area contributed by atoms with Gasteiger partial charge in [-0.2, -0.15) is 0 Å². The fourth-order valence-corrected chi connectivity index (χ4v) is 2.60. The van der Waals surface area contributed by atoms with E-state index in [2.05, 4.69) is 36.8 Å². The van der Waals surface area contributed by atoms with Crippen LogP contribution in [0.3, 0.4) is 0 Å². The molecule has 2 rings (SSSR count). The Morgan fingerprint density at radius 2 is 1.86 bits per heavy atom. The zero-order valence-electron chi connectivity index (χ0n) is 7.00. The van der Waals surface area contributed by atoms with Gasteiger partial charge >= 0.3 is 5.69 Å². The molecule has 0 aliphatic carbocycles. The molecule has 0 unspecified atom stereocenters. The maximum absolute atomic E-state index is 11.4. The first-order valence-electron chi connectivity index (χ1n) is 3.90. The van der Waals surface area contributed by atoms with Gasteiger partial charge in [0.05, 0.1) is 5.69 Å². The monoisotopic (exact) mass is 316 g/mol. The average Bonchev–Trinajstić information content (AvgIpc) is 2.52. The quantitative estimate of drug-likeness (QED) is 0.862. The number of rotatable bonds is 1. The fourth-order valence-electron chi connectivity index (χ4n) is 1.22. The van der Waals surface area contributed by atoms with Gasteiger partial charge in [-0.25, -0.2) is 4.79 Å². The summed E-state index contributed by atoms with van der Waals surface area (Å²) in [5, 5.41) is 0. The van der Waals surface area contributed by atoms with Gasteiger partial charge < -0.3 is 4.98 Å². The summed E-state index contributed by atoms with van der Waals surface area (Å²) < 4.78 is 3.27. The average molecular weight is 318 g/mol. The minimum Gasteiger partial charge on any atom is -0.312 e. The van der Waals surface area contributed by atoms with Crippen molar-refractivity contribution in [3.05, 3.63) is 50.0 Å². The number of H-pyrrole nitrogens is 1. The molecule has 72 valence electrons. The van der Waals surface area contributed by atoms with E-state index < -0.39 is 0 Å². The van der Waals surface area contributed by atoms with Gasteiger partial charge in [-0.3, -0.25) is 4.57 Å². The van der Waals surface area contributed by atoms with Crippen molar-refractivity contribution in [2.75, 3.05) is 0 Å². The first-order valence-corrected chi connectivity index (χ1v) is 5.49. The van der Waals surface area contributed by atoms with Crippen LogP contribution in [0.15, 0.2) is 44.3 Å². The molecule has 0 saturated heterocycles. The molecule has 3 nitrogen and oxygen atoms in total. The van der Waals surface area contributed by atoms with E-state index >= 15 is 0 Å². The summed E-state index contributed by atoms with van der Waals surface area (Å²) in [6.45, 7) is 0. The minimum absolute atomic E-state index is 0.155. The van der Waals surface area contributed by atoms with Crippen LogP contribution in [0.25, 0.3) is 5.69 Å². The Labute approximate surface area is 97.0 Å². The van der Waals surface area contributed by atoms with Crippen LogP contribution < -0.4 is 5.69 Å². The minimum atomic E-state index is -0.155. The van der Waals surface area contributed by atoms with Crippen molar-refractivity contribution >= 4 is 31.9 Å². The Bertz CT molecular complexity index is 495. The van der Waals surface area contributed by atoms with Crippen molar-refractivity contribution in [2.45, 2.75) is 0 Å². The van der Waals surface area contributed by atoms with Gasteiger partial charge in [-0.1, -0.05) is 6.07 Å². The molecule has 0 radical (unpaired) electrons. The normalized spacial score (nSPS) is 10.4. The van der Waals surface area contributed by atoms with Crippen LogP contribution in [0.5, 0.6) is 0 Å². The summed E-state index contributed by atoms with van der Waals surface area (Å²) in [7, 11) is 0. The van der Waals surface area contributed by atoms with Gasteiger partial charge in [-0.05, 0) is 44.0 Å². The van der Waals surface area contributed by atoms with Crippen molar-refractivity contribution < 1.29 is 0 Å². The number of aromatic amines is 1. The molecule has 0 saturated carbocycles. The second kappa shape index (κ2) is 3.74. The molecule has 5 heteroatoms. The van der Waals surface area contributed by atoms with E-state index in [1.54, 1.807) is 12.4 Å². The van der Waals surface area contributed by atoms with Crippen LogP contribution >= 0.6 is 31.9 Å². The highest BCUT2D eigenvalue weighted by molar-refractivity contribution is 9.11. The highest BCUT2D eigenvalue weighted by Crippen LogP contribution is 2.27. The molecule has 0 fully saturated rings. The Morgan fingerprint density at radius 1 is 1.21 bits per heavy atom. The molecule has 0 amide bonds. The third kappa shape index (κ3) is 1.57. The summed E-state index contributed by atoms with van der Waals surface area (Å²) in [6.07, 6.45) is 3.29.